The van der Waals surface area contributed by atoms with Crippen molar-refractivity contribution in [1.82, 2.24) is 0 Å². The van der Waals surface area contributed by atoms with Crippen LogP contribution in [0.2, 0.25) is 0 Å². The summed E-state index contributed by atoms with van der Waals surface area (Å²) in [6.07, 6.45) is 0.450. The minimum atomic E-state index is -0.895. The number of para-hydroxylation sites is 1. The lowest BCUT2D eigenvalue weighted by Gasteiger charge is -2.23. The predicted molar refractivity (Wildman–Crippen MR) is 67.8 cm³/mol. The zero-order valence-corrected chi connectivity index (χ0v) is 10.1. The second kappa shape index (κ2) is 4.79. The van der Waals surface area contributed by atoms with Crippen LogP contribution in [0.3, 0.4) is 0 Å². The Kier molecular flexibility index (Phi) is 3.38. The molecule has 5 heteroatoms. The number of benzene rings is 1. The smallest absolute Gasteiger partial charge is 0.326 e. The van der Waals surface area contributed by atoms with Crippen LogP contribution in [0.15, 0.2) is 24.3 Å². The van der Waals surface area contributed by atoms with Gasteiger partial charge in [-0.25, -0.2) is 4.79 Å². The van der Waals surface area contributed by atoms with E-state index in [1.807, 2.05) is 24.3 Å². The number of ketones is 1. The largest absolute Gasteiger partial charge is 0.480 e. The van der Waals surface area contributed by atoms with Gasteiger partial charge in [0.05, 0.1) is 12.3 Å². The van der Waals surface area contributed by atoms with Crippen molar-refractivity contribution >= 4 is 30.1 Å². The van der Waals surface area contributed by atoms with Gasteiger partial charge in [0.15, 0.2) is 5.78 Å². The van der Waals surface area contributed by atoms with Crippen molar-refractivity contribution in [2.24, 2.45) is 0 Å². The van der Waals surface area contributed by atoms with Crippen LogP contribution in [0.5, 0.6) is 0 Å². The summed E-state index contributed by atoms with van der Waals surface area (Å²) in [4.78, 5) is 24.3. The van der Waals surface area contributed by atoms with Gasteiger partial charge in [0.1, 0.15) is 6.04 Å². The summed E-state index contributed by atoms with van der Waals surface area (Å²) in [5, 5.41) is 9.17. The SMILES string of the molecule is O=C(CS)CN1c2ccccc2CC1C(=O)O. The molecule has 0 fully saturated rings. The number of thiol groups is 1. The maximum Gasteiger partial charge on any atom is 0.326 e. The highest BCUT2D eigenvalue weighted by Gasteiger charge is 2.34. The van der Waals surface area contributed by atoms with E-state index in [1.54, 1.807) is 4.90 Å². The standard InChI is InChI=1S/C12H13NO3S/c14-9(7-17)6-13-10-4-2-1-3-8(10)5-11(13)12(15)16/h1-4,11,17H,5-7H2,(H,15,16). The van der Waals surface area contributed by atoms with Crippen LogP contribution in [0.4, 0.5) is 5.69 Å². The summed E-state index contributed by atoms with van der Waals surface area (Å²) in [6, 6.07) is 6.83. The molecule has 0 amide bonds. The van der Waals surface area contributed by atoms with E-state index in [0.29, 0.717) is 6.42 Å². The Balaban J connectivity index is 2.30. The van der Waals surface area contributed by atoms with Crippen LogP contribution in [-0.4, -0.2) is 35.2 Å². The van der Waals surface area contributed by atoms with Crippen LogP contribution in [0.1, 0.15) is 5.56 Å². The zero-order valence-electron chi connectivity index (χ0n) is 9.17. The van der Waals surface area contributed by atoms with Crippen LogP contribution >= 0.6 is 12.6 Å². The molecule has 1 aromatic rings. The van der Waals surface area contributed by atoms with E-state index in [9.17, 15) is 9.59 Å². The number of carboxylic acid groups (broad SMARTS) is 1. The summed E-state index contributed by atoms with van der Waals surface area (Å²) in [7, 11) is 0. The molecule has 1 unspecified atom stereocenters. The minimum Gasteiger partial charge on any atom is -0.480 e. The van der Waals surface area contributed by atoms with Crippen molar-refractivity contribution in [3.05, 3.63) is 29.8 Å². The topological polar surface area (TPSA) is 57.6 Å². The summed E-state index contributed by atoms with van der Waals surface area (Å²) in [5.41, 5.74) is 1.82. The molecule has 90 valence electrons. The molecule has 0 radical (unpaired) electrons. The Labute approximate surface area is 105 Å². The molecule has 1 aliphatic heterocycles. The van der Waals surface area contributed by atoms with Gasteiger partial charge >= 0.3 is 5.97 Å². The third-order valence-electron chi connectivity index (χ3n) is 2.90. The molecular formula is C12H13NO3S. The molecule has 0 aliphatic carbocycles. The first-order valence-electron chi connectivity index (χ1n) is 5.33. The van der Waals surface area contributed by atoms with Gasteiger partial charge in [0, 0.05) is 12.1 Å². The summed E-state index contributed by atoms with van der Waals surface area (Å²) in [6.45, 7) is 0.109. The van der Waals surface area contributed by atoms with Gasteiger partial charge in [-0.15, -0.1) is 0 Å². The van der Waals surface area contributed by atoms with E-state index in [0.717, 1.165) is 11.3 Å². The van der Waals surface area contributed by atoms with E-state index in [2.05, 4.69) is 12.6 Å². The van der Waals surface area contributed by atoms with Crippen molar-refractivity contribution in [2.45, 2.75) is 12.5 Å². The van der Waals surface area contributed by atoms with Gasteiger partial charge in [0.2, 0.25) is 0 Å². The first kappa shape index (κ1) is 12.0. The van der Waals surface area contributed by atoms with Crippen molar-refractivity contribution in [2.75, 3.05) is 17.2 Å². The molecule has 17 heavy (non-hydrogen) atoms. The van der Waals surface area contributed by atoms with E-state index >= 15 is 0 Å². The molecule has 1 heterocycles. The van der Waals surface area contributed by atoms with Gasteiger partial charge in [-0.05, 0) is 11.6 Å². The molecule has 0 aromatic heterocycles. The first-order valence-corrected chi connectivity index (χ1v) is 5.96. The highest BCUT2D eigenvalue weighted by molar-refractivity contribution is 7.81. The number of hydrogen-bond acceptors (Lipinski definition) is 4. The van der Waals surface area contributed by atoms with Gasteiger partial charge in [0.25, 0.3) is 0 Å². The lowest BCUT2D eigenvalue weighted by molar-refractivity contribution is -0.138. The average molecular weight is 251 g/mol. The quantitative estimate of drug-likeness (QED) is 0.784. The second-order valence-corrected chi connectivity index (χ2v) is 4.33. The number of rotatable bonds is 4. The Bertz CT molecular complexity index is 461. The molecule has 1 aliphatic rings. The van der Waals surface area contributed by atoms with Crippen LogP contribution in [0.25, 0.3) is 0 Å². The molecule has 2 rings (SSSR count). The Morgan fingerprint density at radius 1 is 1.41 bits per heavy atom. The molecule has 0 saturated heterocycles. The molecule has 1 aromatic carbocycles. The summed E-state index contributed by atoms with van der Waals surface area (Å²) in [5.74, 6) is -0.838. The van der Waals surface area contributed by atoms with Gasteiger partial charge in [-0.2, -0.15) is 12.6 Å². The number of carbonyl (C=O) groups excluding carboxylic acids is 1. The van der Waals surface area contributed by atoms with E-state index < -0.39 is 12.0 Å². The first-order chi connectivity index (χ1) is 8.13. The number of hydrogen-bond donors (Lipinski definition) is 2. The van der Waals surface area contributed by atoms with Crippen molar-refractivity contribution in [3.63, 3.8) is 0 Å². The van der Waals surface area contributed by atoms with E-state index in [1.165, 1.54) is 0 Å². The molecule has 0 bridgehead atoms. The Morgan fingerprint density at radius 3 is 2.76 bits per heavy atom. The normalized spacial score (nSPS) is 17.9. The van der Waals surface area contributed by atoms with Crippen molar-refractivity contribution < 1.29 is 14.7 Å². The highest BCUT2D eigenvalue weighted by Crippen LogP contribution is 2.31. The average Bonchev–Trinajstić information content (AvgIpc) is 2.68. The maximum absolute atomic E-state index is 11.4. The molecule has 1 N–H and O–H groups in total. The zero-order chi connectivity index (χ0) is 12.4. The number of carboxylic acids is 1. The fourth-order valence-electron chi connectivity index (χ4n) is 2.11. The predicted octanol–water partition coefficient (Wildman–Crippen LogP) is 1.00. The molecule has 0 spiro atoms. The maximum atomic E-state index is 11.4. The summed E-state index contributed by atoms with van der Waals surface area (Å²) >= 11 is 3.92. The van der Waals surface area contributed by atoms with Crippen LogP contribution < -0.4 is 4.90 Å². The highest BCUT2D eigenvalue weighted by atomic mass is 32.1. The lowest BCUT2D eigenvalue weighted by Crippen LogP contribution is -2.42. The van der Waals surface area contributed by atoms with Crippen LogP contribution in [-0.2, 0) is 16.0 Å². The fraction of sp³-hybridized carbons (Fsp3) is 0.333. The molecule has 4 nitrogen and oxygen atoms in total. The second-order valence-electron chi connectivity index (χ2n) is 4.01. The van der Waals surface area contributed by atoms with Crippen molar-refractivity contribution in [1.29, 1.82) is 0 Å². The van der Waals surface area contributed by atoms with Gasteiger partial charge in [-0.3, -0.25) is 4.79 Å². The van der Waals surface area contributed by atoms with Crippen molar-refractivity contribution in [3.8, 4) is 0 Å². The molecular weight excluding hydrogens is 238 g/mol. The molecule has 0 saturated carbocycles. The number of carbonyl (C=O) groups is 2. The van der Waals surface area contributed by atoms with E-state index in [-0.39, 0.29) is 18.1 Å². The van der Waals surface area contributed by atoms with Gasteiger partial charge in [-0.1, -0.05) is 18.2 Å². The molecule has 1 atom stereocenters. The number of nitrogens with zero attached hydrogens (tertiary/aromatic N) is 1. The number of anilines is 1. The van der Waals surface area contributed by atoms with Gasteiger partial charge < -0.3 is 10.0 Å². The van der Waals surface area contributed by atoms with Crippen LogP contribution in [0, 0.1) is 0 Å². The monoisotopic (exact) mass is 251 g/mol. The summed E-state index contributed by atoms with van der Waals surface area (Å²) < 4.78 is 0. The number of aliphatic carboxylic acids is 1. The van der Waals surface area contributed by atoms with E-state index in [4.69, 9.17) is 5.11 Å². The third kappa shape index (κ3) is 2.29. The number of fused-ring (bicyclic) bond motifs is 1. The fourth-order valence-corrected chi connectivity index (χ4v) is 2.21. The number of Topliss-reactive ketones (excluding diaryl/α,β-unsaturated/α-hetero) is 1. The Hall–Kier alpha value is -1.49. The lowest BCUT2D eigenvalue weighted by atomic mass is 10.1. The minimum absolute atomic E-state index is 0.0729. The third-order valence-corrected chi connectivity index (χ3v) is 3.25. The Morgan fingerprint density at radius 2 is 2.12 bits per heavy atom.